The number of likely N-dealkylation sites (N-methyl/N-ethyl adjacent to an activating group) is 1. The van der Waals surface area contributed by atoms with E-state index < -0.39 is 0 Å². The minimum absolute atomic E-state index is 0.350. The van der Waals surface area contributed by atoms with Gasteiger partial charge in [0, 0.05) is 26.7 Å². The van der Waals surface area contributed by atoms with Gasteiger partial charge in [-0.3, -0.25) is 4.99 Å². The molecule has 1 spiro atoms. The first-order chi connectivity index (χ1) is 11.5. The molecule has 1 atom stereocenters. The van der Waals surface area contributed by atoms with Gasteiger partial charge in [-0.05, 0) is 51.3 Å². The highest BCUT2D eigenvalue weighted by Gasteiger charge is 2.43. The van der Waals surface area contributed by atoms with Crippen molar-refractivity contribution in [2.75, 3.05) is 40.8 Å². The molecule has 132 valence electrons. The van der Waals surface area contributed by atoms with Crippen molar-refractivity contribution >= 4 is 5.96 Å². The quantitative estimate of drug-likeness (QED) is 0.681. The third kappa shape index (κ3) is 3.59. The van der Waals surface area contributed by atoms with Gasteiger partial charge >= 0.3 is 0 Å². The van der Waals surface area contributed by atoms with E-state index in [1.165, 1.54) is 43.4 Å². The monoisotopic (exact) mass is 328 g/mol. The summed E-state index contributed by atoms with van der Waals surface area (Å²) in [7, 11) is 6.20. The molecular formula is C20H32N4. The summed E-state index contributed by atoms with van der Waals surface area (Å²) in [5, 5.41) is 3.63. The van der Waals surface area contributed by atoms with Crippen LogP contribution in [-0.2, 0) is 0 Å². The first kappa shape index (κ1) is 17.3. The number of guanidine groups is 1. The third-order valence-electron chi connectivity index (χ3n) is 5.90. The maximum Gasteiger partial charge on any atom is 0.193 e. The number of hydrogen-bond acceptors (Lipinski definition) is 2. The van der Waals surface area contributed by atoms with Crippen LogP contribution in [0.1, 0.15) is 42.9 Å². The Morgan fingerprint density at radius 2 is 1.96 bits per heavy atom. The summed E-state index contributed by atoms with van der Waals surface area (Å²) in [4.78, 5) is 9.29. The molecule has 1 N–H and O–H groups in total. The summed E-state index contributed by atoms with van der Waals surface area (Å²) in [6.45, 7) is 5.35. The molecule has 1 unspecified atom stereocenters. The zero-order chi connectivity index (χ0) is 17.2. The van der Waals surface area contributed by atoms with Crippen molar-refractivity contribution in [1.82, 2.24) is 15.1 Å². The third-order valence-corrected chi connectivity index (χ3v) is 5.90. The van der Waals surface area contributed by atoms with Crippen LogP contribution < -0.4 is 5.32 Å². The number of rotatable bonds is 4. The van der Waals surface area contributed by atoms with E-state index in [4.69, 9.17) is 0 Å². The van der Waals surface area contributed by atoms with Gasteiger partial charge in [0.2, 0.25) is 0 Å². The number of aryl methyl sites for hydroxylation is 1. The van der Waals surface area contributed by atoms with E-state index in [0.29, 0.717) is 11.5 Å². The molecule has 1 heterocycles. The Kier molecular flexibility index (Phi) is 5.14. The molecule has 0 radical (unpaired) electrons. The van der Waals surface area contributed by atoms with E-state index in [9.17, 15) is 0 Å². The predicted molar refractivity (Wildman–Crippen MR) is 101 cm³/mol. The number of nitrogens with zero attached hydrogens (tertiary/aromatic N) is 3. The van der Waals surface area contributed by atoms with Crippen LogP contribution in [0.5, 0.6) is 0 Å². The van der Waals surface area contributed by atoms with Crippen molar-refractivity contribution in [3.8, 4) is 0 Å². The molecule has 4 heteroatoms. The average Bonchev–Trinajstić information content (AvgIpc) is 2.98. The van der Waals surface area contributed by atoms with E-state index in [0.717, 1.165) is 19.0 Å². The highest BCUT2D eigenvalue weighted by Crippen LogP contribution is 2.47. The first-order valence-electron chi connectivity index (χ1n) is 9.22. The number of likely N-dealkylation sites (tertiary alicyclic amines) is 1. The summed E-state index contributed by atoms with van der Waals surface area (Å²) < 4.78 is 0. The molecule has 1 aromatic rings. The van der Waals surface area contributed by atoms with E-state index in [1.54, 1.807) is 0 Å². The summed E-state index contributed by atoms with van der Waals surface area (Å²) in [6, 6.07) is 9.22. The van der Waals surface area contributed by atoms with Gasteiger partial charge in [-0.25, -0.2) is 0 Å². The largest absolute Gasteiger partial charge is 0.354 e. The summed E-state index contributed by atoms with van der Waals surface area (Å²) in [5.74, 6) is 1.07. The molecule has 1 aliphatic heterocycles. The zero-order valence-corrected chi connectivity index (χ0v) is 15.7. The number of benzene rings is 1. The lowest BCUT2D eigenvalue weighted by atomic mass is 9.68. The molecule has 0 bridgehead atoms. The number of aliphatic imine (C=N–C) groups is 1. The molecule has 1 saturated heterocycles. The van der Waals surface area contributed by atoms with Gasteiger partial charge in [-0.1, -0.05) is 36.2 Å². The Morgan fingerprint density at radius 1 is 1.25 bits per heavy atom. The SMILES string of the molecule is CN=C(NCC(c1ccc(C)cc1)N(C)C)N1CCC2(CCC2)C1. The summed E-state index contributed by atoms with van der Waals surface area (Å²) in [5.41, 5.74) is 3.27. The van der Waals surface area contributed by atoms with Crippen LogP contribution in [0.3, 0.4) is 0 Å². The van der Waals surface area contributed by atoms with Crippen LogP contribution in [0, 0.1) is 12.3 Å². The van der Waals surface area contributed by atoms with Crippen molar-refractivity contribution in [3.05, 3.63) is 35.4 Å². The first-order valence-corrected chi connectivity index (χ1v) is 9.22. The van der Waals surface area contributed by atoms with Crippen molar-refractivity contribution in [1.29, 1.82) is 0 Å². The van der Waals surface area contributed by atoms with Gasteiger partial charge in [0.15, 0.2) is 5.96 Å². The lowest BCUT2D eigenvalue weighted by Crippen LogP contribution is -2.45. The van der Waals surface area contributed by atoms with E-state index in [1.807, 2.05) is 7.05 Å². The maximum atomic E-state index is 4.55. The van der Waals surface area contributed by atoms with E-state index in [-0.39, 0.29) is 0 Å². The molecule has 24 heavy (non-hydrogen) atoms. The van der Waals surface area contributed by atoms with Crippen LogP contribution in [0.25, 0.3) is 0 Å². The normalized spacial score (nSPS) is 21.2. The average molecular weight is 329 g/mol. The highest BCUT2D eigenvalue weighted by molar-refractivity contribution is 5.80. The molecular weight excluding hydrogens is 296 g/mol. The Balaban J connectivity index is 1.62. The maximum absolute atomic E-state index is 4.55. The molecule has 1 aromatic carbocycles. The van der Waals surface area contributed by atoms with Crippen molar-refractivity contribution in [3.63, 3.8) is 0 Å². The van der Waals surface area contributed by atoms with Crippen LogP contribution >= 0.6 is 0 Å². The molecule has 1 aliphatic carbocycles. The van der Waals surface area contributed by atoms with E-state index >= 15 is 0 Å². The molecule has 1 saturated carbocycles. The molecule has 2 fully saturated rings. The van der Waals surface area contributed by atoms with Gasteiger partial charge in [-0.2, -0.15) is 0 Å². The smallest absolute Gasteiger partial charge is 0.193 e. The Morgan fingerprint density at radius 3 is 2.46 bits per heavy atom. The lowest BCUT2D eigenvalue weighted by Gasteiger charge is -2.38. The minimum atomic E-state index is 0.350. The summed E-state index contributed by atoms with van der Waals surface area (Å²) >= 11 is 0. The lowest BCUT2D eigenvalue weighted by molar-refractivity contribution is 0.151. The van der Waals surface area contributed by atoms with Crippen LogP contribution in [0.4, 0.5) is 0 Å². The fraction of sp³-hybridized carbons (Fsp3) is 0.650. The van der Waals surface area contributed by atoms with Gasteiger partial charge in [0.1, 0.15) is 0 Å². The molecule has 4 nitrogen and oxygen atoms in total. The molecule has 3 rings (SSSR count). The fourth-order valence-electron chi connectivity index (χ4n) is 4.11. The van der Waals surface area contributed by atoms with Gasteiger partial charge in [0.25, 0.3) is 0 Å². The highest BCUT2D eigenvalue weighted by atomic mass is 15.3. The van der Waals surface area contributed by atoms with Gasteiger partial charge in [0.05, 0.1) is 6.04 Å². The zero-order valence-electron chi connectivity index (χ0n) is 15.7. The van der Waals surface area contributed by atoms with Crippen molar-refractivity contribution in [2.45, 2.75) is 38.6 Å². The Labute approximate surface area is 146 Å². The summed E-state index contributed by atoms with van der Waals surface area (Å²) in [6.07, 6.45) is 5.56. The molecule has 0 amide bonds. The Bertz CT molecular complexity index is 572. The second-order valence-electron chi connectivity index (χ2n) is 7.84. The van der Waals surface area contributed by atoms with Gasteiger partial charge in [-0.15, -0.1) is 0 Å². The topological polar surface area (TPSA) is 30.9 Å². The molecule has 0 aromatic heterocycles. The second kappa shape index (κ2) is 7.14. The van der Waals surface area contributed by atoms with Crippen molar-refractivity contribution in [2.24, 2.45) is 10.4 Å². The van der Waals surface area contributed by atoms with Gasteiger partial charge < -0.3 is 15.1 Å². The molecule has 2 aliphatic rings. The van der Waals surface area contributed by atoms with Crippen LogP contribution in [0.2, 0.25) is 0 Å². The van der Waals surface area contributed by atoms with E-state index in [2.05, 4.69) is 65.4 Å². The second-order valence-corrected chi connectivity index (χ2v) is 7.84. The number of hydrogen-bond donors (Lipinski definition) is 1. The van der Waals surface area contributed by atoms with Crippen molar-refractivity contribution < 1.29 is 0 Å². The van der Waals surface area contributed by atoms with Crippen LogP contribution in [-0.4, -0.2) is 56.5 Å². The number of nitrogens with one attached hydrogen (secondary N) is 1. The predicted octanol–water partition coefficient (Wildman–Crippen LogP) is 3.05. The minimum Gasteiger partial charge on any atom is -0.354 e. The fourth-order valence-corrected chi connectivity index (χ4v) is 4.11. The standard InChI is InChI=1S/C20H32N4/c1-16-6-8-17(9-7-16)18(23(3)4)14-22-19(21-2)24-13-12-20(15-24)10-5-11-20/h6-9,18H,5,10-15H2,1-4H3,(H,21,22). The van der Waals surface area contributed by atoms with Crippen LogP contribution in [0.15, 0.2) is 29.3 Å². The Hall–Kier alpha value is -1.55.